The van der Waals surface area contributed by atoms with E-state index in [-0.39, 0.29) is 0 Å². The summed E-state index contributed by atoms with van der Waals surface area (Å²) in [6, 6.07) is 28.2. The van der Waals surface area contributed by atoms with Gasteiger partial charge >= 0.3 is 7.12 Å². The van der Waals surface area contributed by atoms with Gasteiger partial charge in [-0.05, 0) is 57.4 Å². The highest BCUT2D eigenvalue weighted by Crippen LogP contribution is 2.36. The Labute approximate surface area is 238 Å². The molecule has 1 aliphatic rings. The third-order valence-corrected chi connectivity index (χ3v) is 8.03. The first-order valence-electron chi connectivity index (χ1n) is 13.7. The van der Waals surface area contributed by atoms with E-state index in [9.17, 15) is 0 Å². The lowest BCUT2D eigenvalue weighted by Gasteiger charge is -2.32. The second-order valence-corrected chi connectivity index (χ2v) is 11.3. The Morgan fingerprint density at radius 3 is 1.46 bits per heavy atom. The van der Waals surface area contributed by atoms with Crippen molar-refractivity contribution in [2.24, 2.45) is 0 Å². The average molecular weight is 537 g/mol. The van der Waals surface area contributed by atoms with E-state index >= 15 is 0 Å². The zero-order chi connectivity index (χ0) is 28.2. The van der Waals surface area contributed by atoms with Crippen LogP contribution in [-0.2, 0) is 9.31 Å². The van der Waals surface area contributed by atoms with Crippen LogP contribution in [0.25, 0.3) is 56.0 Å². The monoisotopic (exact) mass is 537 g/mol. The number of benzene rings is 3. The van der Waals surface area contributed by atoms with Gasteiger partial charge in [0.15, 0.2) is 17.5 Å². The van der Waals surface area contributed by atoms with Gasteiger partial charge in [0, 0.05) is 39.9 Å². The molecule has 0 saturated carbocycles. The van der Waals surface area contributed by atoms with Crippen molar-refractivity contribution in [1.29, 1.82) is 0 Å². The molecule has 0 bridgehead atoms. The van der Waals surface area contributed by atoms with E-state index in [2.05, 4.69) is 49.8 Å². The molecule has 8 heteroatoms. The van der Waals surface area contributed by atoms with Crippen molar-refractivity contribution in [3.8, 4) is 34.2 Å². The van der Waals surface area contributed by atoms with E-state index < -0.39 is 18.3 Å². The van der Waals surface area contributed by atoms with Crippen molar-refractivity contribution in [3.63, 3.8) is 0 Å². The summed E-state index contributed by atoms with van der Waals surface area (Å²) >= 11 is 0. The molecule has 3 aromatic carbocycles. The van der Waals surface area contributed by atoms with E-state index in [0.29, 0.717) is 17.5 Å². The second kappa shape index (κ2) is 9.54. The highest BCUT2D eigenvalue weighted by atomic mass is 16.7. The van der Waals surface area contributed by atoms with Gasteiger partial charge in [-0.3, -0.25) is 9.97 Å². The van der Waals surface area contributed by atoms with Crippen LogP contribution in [0.3, 0.4) is 0 Å². The highest BCUT2D eigenvalue weighted by molar-refractivity contribution is 6.62. The molecule has 6 aromatic rings. The highest BCUT2D eigenvalue weighted by Gasteiger charge is 2.51. The summed E-state index contributed by atoms with van der Waals surface area (Å²) < 4.78 is 12.5. The minimum atomic E-state index is -0.439. The first-order valence-corrected chi connectivity index (χ1v) is 13.7. The molecule has 3 aromatic heterocycles. The molecular formula is C33H28BN5O2. The van der Waals surface area contributed by atoms with Crippen molar-refractivity contribution in [2.75, 3.05) is 0 Å². The molecule has 7 nitrogen and oxygen atoms in total. The van der Waals surface area contributed by atoms with E-state index in [4.69, 9.17) is 24.3 Å². The van der Waals surface area contributed by atoms with Crippen LogP contribution in [0.4, 0.5) is 0 Å². The first-order chi connectivity index (χ1) is 19.8. The van der Waals surface area contributed by atoms with Crippen molar-refractivity contribution in [2.45, 2.75) is 38.9 Å². The van der Waals surface area contributed by atoms with E-state index in [1.54, 1.807) is 0 Å². The summed E-state index contributed by atoms with van der Waals surface area (Å²) in [5.41, 5.74) is 4.46. The summed E-state index contributed by atoms with van der Waals surface area (Å²) in [4.78, 5) is 24.0. The van der Waals surface area contributed by atoms with Crippen LogP contribution in [0.2, 0.25) is 0 Å². The molecule has 41 heavy (non-hydrogen) atoms. The van der Waals surface area contributed by atoms with Gasteiger partial charge in [0.25, 0.3) is 0 Å². The zero-order valence-corrected chi connectivity index (χ0v) is 23.4. The fourth-order valence-corrected chi connectivity index (χ4v) is 4.92. The van der Waals surface area contributed by atoms with Gasteiger partial charge in [-0.15, -0.1) is 0 Å². The molecule has 0 aliphatic carbocycles. The minimum absolute atomic E-state index is 0.407. The van der Waals surface area contributed by atoms with Crippen molar-refractivity contribution >= 4 is 34.4 Å². The van der Waals surface area contributed by atoms with Crippen LogP contribution < -0.4 is 5.46 Å². The van der Waals surface area contributed by atoms with Gasteiger partial charge in [0.1, 0.15) is 0 Å². The number of para-hydroxylation sites is 2. The smallest absolute Gasteiger partial charge is 0.399 e. The fourth-order valence-electron chi connectivity index (χ4n) is 4.92. The van der Waals surface area contributed by atoms with Crippen LogP contribution in [0.1, 0.15) is 27.7 Å². The van der Waals surface area contributed by atoms with E-state index in [0.717, 1.165) is 44.0 Å². The first kappa shape index (κ1) is 25.4. The Morgan fingerprint density at radius 1 is 0.537 bits per heavy atom. The summed E-state index contributed by atoms with van der Waals surface area (Å²) in [5.74, 6) is 1.66. The summed E-state index contributed by atoms with van der Waals surface area (Å²) in [6.45, 7) is 8.22. The topological polar surface area (TPSA) is 82.9 Å². The Bertz CT molecular complexity index is 1810. The van der Waals surface area contributed by atoms with E-state index in [1.165, 1.54) is 0 Å². The molecule has 0 radical (unpaired) electrons. The summed E-state index contributed by atoms with van der Waals surface area (Å²) in [6.07, 6.45) is 3.62. The quantitative estimate of drug-likeness (QED) is 0.245. The van der Waals surface area contributed by atoms with Crippen LogP contribution in [0.5, 0.6) is 0 Å². The molecule has 7 rings (SSSR count). The number of hydrogen-bond donors (Lipinski definition) is 0. The SMILES string of the molecule is CC1(C)OB(c2ccc(-c3nc(-c4cnc5ccccc5c4)nc(-c4cnc5ccccc5c4)n3)cc2)OC1(C)C. The standard InChI is InChI=1S/C33H28BN5O2/c1-32(2)33(3,4)41-34(40-32)26-15-13-21(14-16-26)29-37-30(24-17-22-9-5-7-11-27(22)35-19-24)39-31(38-29)25-18-23-10-6-8-12-28(23)36-20-25/h5-20H,1-4H3. The van der Waals surface area contributed by atoms with Gasteiger partial charge in [-0.1, -0.05) is 60.7 Å². The normalized spacial score (nSPS) is 16.0. The molecule has 200 valence electrons. The lowest BCUT2D eigenvalue weighted by molar-refractivity contribution is 0.00578. The minimum Gasteiger partial charge on any atom is -0.399 e. The molecule has 0 unspecified atom stereocenters. The Morgan fingerprint density at radius 2 is 0.976 bits per heavy atom. The number of aromatic nitrogens is 5. The lowest BCUT2D eigenvalue weighted by Crippen LogP contribution is -2.41. The van der Waals surface area contributed by atoms with Gasteiger partial charge in [-0.2, -0.15) is 0 Å². The Kier molecular flexibility index (Phi) is 5.92. The number of rotatable bonds is 4. The molecule has 1 fully saturated rings. The van der Waals surface area contributed by atoms with Crippen LogP contribution in [-0.4, -0.2) is 43.2 Å². The molecule has 4 heterocycles. The maximum atomic E-state index is 6.24. The molecule has 0 amide bonds. The third kappa shape index (κ3) is 4.65. The maximum absolute atomic E-state index is 6.24. The number of pyridine rings is 2. The average Bonchev–Trinajstić information content (AvgIpc) is 3.22. The largest absolute Gasteiger partial charge is 0.494 e. The van der Waals surface area contributed by atoms with Gasteiger partial charge in [0.2, 0.25) is 0 Å². The predicted molar refractivity (Wildman–Crippen MR) is 162 cm³/mol. The molecule has 0 atom stereocenters. The Hall–Kier alpha value is -4.53. The molecular weight excluding hydrogens is 509 g/mol. The van der Waals surface area contributed by atoms with Gasteiger partial charge in [-0.25, -0.2) is 15.0 Å². The second-order valence-electron chi connectivity index (χ2n) is 11.3. The van der Waals surface area contributed by atoms with Crippen molar-refractivity contribution in [1.82, 2.24) is 24.9 Å². The number of fused-ring (bicyclic) bond motifs is 2. The van der Waals surface area contributed by atoms with Crippen LogP contribution >= 0.6 is 0 Å². The van der Waals surface area contributed by atoms with Crippen molar-refractivity contribution in [3.05, 3.63) is 97.3 Å². The molecule has 1 saturated heterocycles. The summed E-state index contributed by atoms with van der Waals surface area (Å²) in [5, 5.41) is 2.04. The van der Waals surface area contributed by atoms with Gasteiger partial charge in [0.05, 0.1) is 22.2 Å². The molecule has 0 N–H and O–H groups in total. The number of hydrogen-bond acceptors (Lipinski definition) is 7. The van der Waals surface area contributed by atoms with Crippen molar-refractivity contribution < 1.29 is 9.31 Å². The fraction of sp³-hybridized carbons (Fsp3) is 0.182. The third-order valence-electron chi connectivity index (χ3n) is 8.03. The zero-order valence-electron chi connectivity index (χ0n) is 23.4. The predicted octanol–water partition coefficient (Wildman–Crippen LogP) is 6.27. The van der Waals surface area contributed by atoms with Crippen LogP contribution in [0, 0.1) is 0 Å². The maximum Gasteiger partial charge on any atom is 0.494 e. The molecule has 1 aliphatic heterocycles. The molecule has 0 spiro atoms. The Balaban J connectivity index is 1.32. The van der Waals surface area contributed by atoms with Crippen LogP contribution in [0.15, 0.2) is 97.3 Å². The number of nitrogens with zero attached hydrogens (tertiary/aromatic N) is 5. The van der Waals surface area contributed by atoms with E-state index in [1.807, 2.05) is 85.2 Å². The van der Waals surface area contributed by atoms with Gasteiger partial charge < -0.3 is 9.31 Å². The summed E-state index contributed by atoms with van der Waals surface area (Å²) in [7, 11) is -0.439. The lowest BCUT2D eigenvalue weighted by atomic mass is 9.79.